The summed E-state index contributed by atoms with van der Waals surface area (Å²) in [4.78, 5) is 26.9. The van der Waals surface area contributed by atoms with Gasteiger partial charge in [0.1, 0.15) is 0 Å². The van der Waals surface area contributed by atoms with Crippen LogP contribution in [-0.4, -0.2) is 67.9 Å². The Morgan fingerprint density at radius 1 is 1.16 bits per heavy atom. The molecule has 170 valence electrons. The Morgan fingerprint density at radius 3 is 2.42 bits per heavy atom. The molecule has 1 spiro atoms. The predicted octanol–water partition coefficient (Wildman–Crippen LogP) is 1.53. The molecule has 3 aliphatic heterocycles. The number of benzene rings is 1. The number of sulfonamides is 1. The maximum absolute atomic E-state index is 12.9. The summed E-state index contributed by atoms with van der Waals surface area (Å²) in [6.07, 6.45) is -2.72. The molecule has 3 fully saturated rings. The fourth-order valence-corrected chi connectivity index (χ4v) is 5.70. The van der Waals surface area contributed by atoms with E-state index in [2.05, 4.69) is 10.0 Å². The summed E-state index contributed by atoms with van der Waals surface area (Å²) >= 11 is 0. The van der Waals surface area contributed by atoms with Gasteiger partial charge in [0.2, 0.25) is 15.9 Å². The van der Waals surface area contributed by atoms with E-state index in [4.69, 9.17) is 0 Å². The number of urea groups is 1. The molecule has 0 bridgehead atoms. The van der Waals surface area contributed by atoms with Crippen molar-refractivity contribution >= 4 is 22.0 Å². The Labute approximate surface area is 177 Å². The van der Waals surface area contributed by atoms with Gasteiger partial charge in [-0.15, -0.1) is 0 Å². The lowest BCUT2D eigenvalue weighted by Crippen LogP contribution is -2.70. The van der Waals surface area contributed by atoms with E-state index in [1.807, 2.05) is 0 Å². The van der Waals surface area contributed by atoms with Gasteiger partial charge in [-0.1, -0.05) is 6.07 Å². The minimum atomic E-state index is -4.63. The van der Waals surface area contributed by atoms with Crippen LogP contribution in [0.2, 0.25) is 0 Å². The van der Waals surface area contributed by atoms with Crippen molar-refractivity contribution in [1.82, 2.24) is 19.8 Å². The van der Waals surface area contributed by atoms with Gasteiger partial charge in [0, 0.05) is 38.6 Å². The highest BCUT2D eigenvalue weighted by Crippen LogP contribution is 2.32. The van der Waals surface area contributed by atoms with Crippen molar-refractivity contribution in [3.63, 3.8) is 0 Å². The second-order valence-electron chi connectivity index (χ2n) is 8.38. The molecule has 0 unspecified atom stereocenters. The summed E-state index contributed by atoms with van der Waals surface area (Å²) in [6, 6.07) is 3.00. The van der Waals surface area contributed by atoms with Gasteiger partial charge >= 0.3 is 12.2 Å². The van der Waals surface area contributed by atoms with Crippen LogP contribution in [0.3, 0.4) is 0 Å². The largest absolute Gasteiger partial charge is 0.416 e. The van der Waals surface area contributed by atoms with Gasteiger partial charge in [0.15, 0.2) is 0 Å². The van der Waals surface area contributed by atoms with Crippen molar-refractivity contribution < 1.29 is 31.2 Å². The minimum Gasteiger partial charge on any atom is -0.347 e. The Bertz CT molecular complexity index is 984. The fraction of sp³-hybridized carbons (Fsp3) is 0.579. The van der Waals surface area contributed by atoms with E-state index in [9.17, 15) is 31.2 Å². The summed E-state index contributed by atoms with van der Waals surface area (Å²) in [5.74, 6) is 0.000896. The van der Waals surface area contributed by atoms with Crippen molar-refractivity contribution in [3.8, 4) is 0 Å². The summed E-state index contributed by atoms with van der Waals surface area (Å²) in [7, 11) is -4.11. The highest BCUT2D eigenvalue weighted by Gasteiger charge is 2.50. The normalized spacial score (nSPS) is 21.8. The molecule has 31 heavy (non-hydrogen) atoms. The lowest BCUT2D eigenvalue weighted by molar-refractivity contribution is -0.137. The quantitative estimate of drug-likeness (QED) is 0.715. The molecule has 0 radical (unpaired) electrons. The molecule has 12 heteroatoms. The van der Waals surface area contributed by atoms with E-state index in [1.54, 1.807) is 9.80 Å². The van der Waals surface area contributed by atoms with E-state index >= 15 is 0 Å². The van der Waals surface area contributed by atoms with Crippen molar-refractivity contribution in [2.45, 2.75) is 48.3 Å². The monoisotopic (exact) mass is 460 g/mol. The zero-order valence-electron chi connectivity index (χ0n) is 16.6. The predicted molar refractivity (Wildman–Crippen MR) is 103 cm³/mol. The second-order valence-corrected chi connectivity index (χ2v) is 10.1. The maximum atomic E-state index is 12.9. The smallest absolute Gasteiger partial charge is 0.347 e. The summed E-state index contributed by atoms with van der Waals surface area (Å²) < 4.78 is 66.1. The molecule has 4 rings (SSSR count). The molecule has 1 aromatic carbocycles. The first-order valence-corrected chi connectivity index (χ1v) is 11.5. The second kappa shape index (κ2) is 7.66. The zero-order valence-corrected chi connectivity index (χ0v) is 17.4. The first kappa shape index (κ1) is 21.9. The third kappa shape index (κ3) is 4.49. The molecule has 0 atom stereocenters. The van der Waals surface area contributed by atoms with Crippen LogP contribution in [0.15, 0.2) is 29.2 Å². The molecule has 3 saturated heterocycles. The van der Waals surface area contributed by atoms with Gasteiger partial charge in [-0.3, -0.25) is 4.79 Å². The number of carbonyl (C=O) groups excluding carboxylic acids is 2. The van der Waals surface area contributed by atoms with Crippen LogP contribution < -0.4 is 10.0 Å². The number of likely N-dealkylation sites (tertiary alicyclic amines) is 2. The molecule has 3 aliphatic rings. The Hall–Kier alpha value is -2.34. The van der Waals surface area contributed by atoms with Gasteiger partial charge in [-0.2, -0.15) is 13.2 Å². The first-order chi connectivity index (χ1) is 14.5. The van der Waals surface area contributed by atoms with E-state index in [0.29, 0.717) is 51.5 Å². The number of carbonyl (C=O) groups is 2. The van der Waals surface area contributed by atoms with Crippen molar-refractivity contribution in [2.75, 3.05) is 26.2 Å². The summed E-state index contributed by atoms with van der Waals surface area (Å²) in [6.45, 7) is 1.62. The number of alkyl halides is 3. The molecule has 0 aromatic heterocycles. The number of nitrogens with one attached hydrogen (secondary N) is 2. The highest BCUT2D eigenvalue weighted by atomic mass is 32.2. The lowest BCUT2D eigenvalue weighted by Gasteiger charge is -2.49. The summed E-state index contributed by atoms with van der Waals surface area (Å²) in [5.41, 5.74) is -1.33. The molecule has 2 N–H and O–H groups in total. The summed E-state index contributed by atoms with van der Waals surface area (Å²) in [5, 5.41) is 2.92. The molecule has 8 nitrogen and oxygen atoms in total. The molecule has 3 heterocycles. The standard InChI is InChI=1S/C19H23F3N4O4S/c20-19(21,22)13-2-1-3-15(10-13)31(29,30)24-14-5-8-25(9-6-14)17(28)26-11-18(12-26)7-4-16(27)23-18/h1-3,10,14,24H,4-9,11-12H2,(H,23,27). The molecular formula is C19H23F3N4O4S. The average Bonchev–Trinajstić information content (AvgIpc) is 3.08. The van der Waals surface area contributed by atoms with E-state index < -0.39 is 32.7 Å². The molecule has 0 aliphatic carbocycles. The van der Waals surface area contributed by atoms with E-state index in [1.165, 1.54) is 0 Å². The Kier molecular flexibility index (Phi) is 5.41. The number of hydrogen-bond donors (Lipinski definition) is 2. The molecule has 1 aromatic rings. The Balaban J connectivity index is 1.30. The Morgan fingerprint density at radius 2 is 1.84 bits per heavy atom. The van der Waals surface area contributed by atoms with Gasteiger partial charge in [0.25, 0.3) is 0 Å². The number of piperidine rings is 1. The minimum absolute atomic E-state index is 0.000896. The maximum Gasteiger partial charge on any atom is 0.416 e. The average molecular weight is 460 g/mol. The van der Waals surface area contributed by atoms with Crippen LogP contribution >= 0.6 is 0 Å². The number of halogens is 3. The highest BCUT2D eigenvalue weighted by molar-refractivity contribution is 7.89. The van der Waals surface area contributed by atoms with Crippen LogP contribution in [0, 0.1) is 0 Å². The lowest BCUT2D eigenvalue weighted by atomic mass is 9.88. The van der Waals surface area contributed by atoms with Gasteiger partial charge < -0.3 is 15.1 Å². The van der Waals surface area contributed by atoms with Crippen LogP contribution in [0.25, 0.3) is 0 Å². The van der Waals surface area contributed by atoms with Crippen LogP contribution in [-0.2, 0) is 21.0 Å². The van der Waals surface area contributed by atoms with E-state index in [0.717, 1.165) is 24.6 Å². The number of hydrogen-bond acceptors (Lipinski definition) is 4. The number of nitrogens with zero attached hydrogens (tertiary/aromatic N) is 2. The zero-order chi connectivity index (χ0) is 22.4. The number of rotatable bonds is 3. The first-order valence-electron chi connectivity index (χ1n) is 10.0. The third-order valence-electron chi connectivity index (χ3n) is 6.05. The van der Waals surface area contributed by atoms with Crippen molar-refractivity contribution in [3.05, 3.63) is 29.8 Å². The van der Waals surface area contributed by atoms with E-state index in [-0.39, 0.29) is 17.5 Å². The molecule has 3 amide bonds. The van der Waals surface area contributed by atoms with Crippen molar-refractivity contribution in [2.24, 2.45) is 0 Å². The van der Waals surface area contributed by atoms with Gasteiger partial charge in [-0.25, -0.2) is 17.9 Å². The molecule has 0 saturated carbocycles. The topological polar surface area (TPSA) is 98.8 Å². The van der Waals surface area contributed by atoms with Crippen LogP contribution in [0.5, 0.6) is 0 Å². The van der Waals surface area contributed by atoms with Gasteiger partial charge in [0.05, 0.1) is 16.0 Å². The SMILES string of the molecule is O=C1CCC2(CN(C(=O)N3CCC(NS(=O)(=O)c4cccc(C(F)(F)F)c4)CC3)C2)N1. The molecular weight excluding hydrogens is 437 g/mol. The van der Waals surface area contributed by atoms with Gasteiger partial charge in [-0.05, 0) is 37.5 Å². The van der Waals surface area contributed by atoms with Crippen LogP contribution in [0.4, 0.5) is 18.0 Å². The van der Waals surface area contributed by atoms with Crippen LogP contribution in [0.1, 0.15) is 31.2 Å². The third-order valence-corrected chi connectivity index (χ3v) is 7.57. The van der Waals surface area contributed by atoms with Crippen molar-refractivity contribution in [1.29, 1.82) is 0 Å². The fourth-order valence-electron chi connectivity index (χ4n) is 4.35. The number of amides is 3.